The van der Waals surface area contributed by atoms with E-state index >= 15 is 4.39 Å². The van der Waals surface area contributed by atoms with Crippen molar-refractivity contribution in [2.45, 2.75) is 0 Å². The van der Waals surface area contributed by atoms with E-state index in [1.165, 1.54) is 18.2 Å². The lowest BCUT2D eigenvalue weighted by molar-refractivity contribution is 0.579. The third-order valence-electron chi connectivity index (χ3n) is 4.14. The van der Waals surface area contributed by atoms with Gasteiger partial charge in [0.15, 0.2) is 11.6 Å². The van der Waals surface area contributed by atoms with Gasteiger partial charge in [-0.2, -0.15) is 0 Å². The Morgan fingerprint density at radius 2 is 1.40 bits per heavy atom. The SMILES string of the molecule is Fc1ccccc1-c1ncc(F)c(-c2ccc3ccccc3c2)c1F. The van der Waals surface area contributed by atoms with Crippen LogP contribution in [-0.2, 0) is 0 Å². The summed E-state index contributed by atoms with van der Waals surface area (Å²) >= 11 is 0. The van der Waals surface area contributed by atoms with Gasteiger partial charge in [0.1, 0.15) is 11.5 Å². The monoisotopic (exact) mass is 335 g/mol. The Labute approximate surface area is 142 Å². The topological polar surface area (TPSA) is 12.9 Å². The molecule has 1 heterocycles. The van der Waals surface area contributed by atoms with Crippen LogP contribution in [0.1, 0.15) is 0 Å². The van der Waals surface area contributed by atoms with Crippen LogP contribution in [-0.4, -0.2) is 4.98 Å². The third kappa shape index (κ3) is 2.66. The fraction of sp³-hybridized carbons (Fsp3) is 0. The molecule has 0 bridgehead atoms. The van der Waals surface area contributed by atoms with E-state index in [2.05, 4.69) is 4.98 Å². The Morgan fingerprint density at radius 3 is 2.20 bits per heavy atom. The van der Waals surface area contributed by atoms with E-state index in [4.69, 9.17) is 0 Å². The molecule has 0 atom stereocenters. The predicted octanol–water partition coefficient (Wildman–Crippen LogP) is 5.99. The molecule has 4 rings (SSSR count). The average Bonchev–Trinajstić information content (AvgIpc) is 2.63. The van der Waals surface area contributed by atoms with Crippen molar-refractivity contribution in [1.82, 2.24) is 4.98 Å². The Balaban J connectivity index is 1.95. The molecule has 25 heavy (non-hydrogen) atoms. The third-order valence-corrected chi connectivity index (χ3v) is 4.14. The van der Waals surface area contributed by atoms with Gasteiger partial charge < -0.3 is 0 Å². The molecular formula is C21H12F3N. The first kappa shape index (κ1) is 15.4. The minimum absolute atomic E-state index is 0.00189. The fourth-order valence-electron chi connectivity index (χ4n) is 2.92. The van der Waals surface area contributed by atoms with Gasteiger partial charge in [-0.05, 0) is 34.5 Å². The average molecular weight is 335 g/mol. The van der Waals surface area contributed by atoms with Crippen LogP contribution in [0.3, 0.4) is 0 Å². The van der Waals surface area contributed by atoms with Crippen LogP contribution in [0.2, 0.25) is 0 Å². The van der Waals surface area contributed by atoms with Gasteiger partial charge in [0, 0.05) is 5.56 Å². The largest absolute Gasteiger partial charge is 0.250 e. The van der Waals surface area contributed by atoms with E-state index in [1.54, 1.807) is 24.3 Å². The van der Waals surface area contributed by atoms with Gasteiger partial charge in [-0.25, -0.2) is 18.2 Å². The molecule has 4 aromatic rings. The normalized spacial score (nSPS) is 11.0. The number of rotatable bonds is 2. The summed E-state index contributed by atoms with van der Waals surface area (Å²) in [6.45, 7) is 0. The van der Waals surface area contributed by atoms with Crippen molar-refractivity contribution < 1.29 is 13.2 Å². The van der Waals surface area contributed by atoms with Crippen molar-refractivity contribution in [3.8, 4) is 22.4 Å². The summed E-state index contributed by atoms with van der Waals surface area (Å²) < 4.78 is 43.3. The quantitative estimate of drug-likeness (QED) is 0.439. The fourth-order valence-corrected chi connectivity index (χ4v) is 2.92. The van der Waals surface area contributed by atoms with E-state index in [0.29, 0.717) is 5.56 Å². The number of hydrogen-bond donors (Lipinski definition) is 0. The standard InChI is InChI=1S/C21H12F3N/c22-17-8-4-3-7-16(17)21-20(24)19(18(23)12-25-21)15-10-9-13-5-1-2-6-14(13)11-15/h1-12H. The minimum Gasteiger partial charge on any atom is -0.250 e. The zero-order valence-electron chi connectivity index (χ0n) is 13.0. The number of halogens is 3. The Bertz CT molecular complexity index is 1090. The molecule has 1 nitrogen and oxygen atoms in total. The lowest BCUT2D eigenvalue weighted by atomic mass is 9.99. The first-order valence-electron chi connectivity index (χ1n) is 7.73. The smallest absolute Gasteiger partial charge is 0.160 e. The van der Waals surface area contributed by atoms with Crippen LogP contribution in [0.25, 0.3) is 33.2 Å². The summed E-state index contributed by atoms with van der Waals surface area (Å²) in [4.78, 5) is 3.77. The first-order valence-corrected chi connectivity index (χ1v) is 7.73. The Morgan fingerprint density at radius 1 is 0.680 bits per heavy atom. The molecule has 0 aliphatic heterocycles. The Kier molecular flexibility index (Phi) is 3.73. The molecule has 0 aliphatic rings. The van der Waals surface area contributed by atoms with Crippen LogP contribution in [0.4, 0.5) is 13.2 Å². The second kappa shape index (κ2) is 6.06. The van der Waals surface area contributed by atoms with Gasteiger partial charge in [0.05, 0.1) is 11.8 Å². The summed E-state index contributed by atoms with van der Waals surface area (Å²) in [5.41, 5.74) is -0.0302. The molecule has 4 heteroatoms. The van der Waals surface area contributed by atoms with Gasteiger partial charge in [-0.3, -0.25) is 0 Å². The number of pyridine rings is 1. The molecule has 0 unspecified atom stereocenters. The maximum Gasteiger partial charge on any atom is 0.160 e. The number of hydrogen-bond acceptors (Lipinski definition) is 1. The second-order valence-corrected chi connectivity index (χ2v) is 5.69. The van der Waals surface area contributed by atoms with Crippen molar-refractivity contribution in [1.29, 1.82) is 0 Å². The summed E-state index contributed by atoms with van der Waals surface area (Å²) in [6, 6.07) is 18.4. The summed E-state index contributed by atoms with van der Waals surface area (Å²) in [7, 11) is 0. The van der Waals surface area contributed by atoms with E-state index < -0.39 is 17.5 Å². The van der Waals surface area contributed by atoms with E-state index in [-0.39, 0.29) is 16.8 Å². The molecule has 0 spiro atoms. The highest BCUT2D eigenvalue weighted by Gasteiger charge is 2.20. The molecule has 0 fully saturated rings. The molecular weight excluding hydrogens is 323 g/mol. The van der Waals surface area contributed by atoms with E-state index in [9.17, 15) is 8.78 Å². The second-order valence-electron chi connectivity index (χ2n) is 5.69. The Hall–Kier alpha value is -3.14. The predicted molar refractivity (Wildman–Crippen MR) is 92.5 cm³/mol. The van der Waals surface area contributed by atoms with Gasteiger partial charge in [0.2, 0.25) is 0 Å². The number of aromatic nitrogens is 1. The van der Waals surface area contributed by atoms with Crippen LogP contribution in [0.15, 0.2) is 72.9 Å². The zero-order chi connectivity index (χ0) is 17.4. The molecule has 0 radical (unpaired) electrons. The lowest BCUT2D eigenvalue weighted by Crippen LogP contribution is -1.98. The number of fused-ring (bicyclic) bond motifs is 1. The molecule has 0 amide bonds. The van der Waals surface area contributed by atoms with Crippen LogP contribution in [0, 0.1) is 17.5 Å². The van der Waals surface area contributed by atoms with Crippen LogP contribution in [0.5, 0.6) is 0 Å². The summed E-state index contributed by atoms with van der Waals surface area (Å²) in [6.07, 6.45) is 0.926. The summed E-state index contributed by atoms with van der Waals surface area (Å²) in [5.74, 6) is -2.27. The van der Waals surface area contributed by atoms with Gasteiger partial charge in [0.25, 0.3) is 0 Å². The highest BCUT2D eigenvalue weighted by molar-refractivity contribution is 5.88. The summed E-state index contributed by atoms with van der Waals surface area (Å²) in [5, 5.41) is 1.83. The molecule has 0 saturated carbocycles. The van der Waals surface area contributed by atoms with Crippen molar-refractivity contribution in [3.05, 3.63) is 90.4 Å². The van der Waals surface area contributed by atoms with Crippen LogP contribution < -0.4 is 0 Å². The maximum atomic E-state index is 15.0. The highest BCUT2D eigenvalue weighted by atomic mass is 19.1. The maximum absolute atomic E-state index is 15.0. The van der Waals surface area contributed by atoms with Crippen molar-refractivity contribution in [2.24, 2.45) is 0 Å². The minimum atomic E-state index is -0.875. The van der Waals surface area contributed by atoms with Crippen molar-refractivity contribution in [2.75, 3.05) is 0 Å². The van der Waals surface area contributed by atoms with Gasteiger partial charge in [-0.1, -0.05) is 48.5 Å². The van der Waals surface area contributed by atoms with Crippen LogP contribution >= 0.6 is 0 Å². The lowest BCUT2D eigenvalue weighted by Gasteiger charge is -2.11. The number of benzene rings is 3. The molecule has 1 aromatic heterocycles. The molecule has 3 aromatic carbocycles. The van der Waals surface area contributed by atoms with E-state index in [0.717, 1.165) is 17.0 Å². The van der Waals surface area contributed by atoms with Crippen molar-refractivity contribution in [3.63, 3.8) is 0 Å². The van der Waals surface area contributed by atoms with Gasteiger partial charge in [-0.15, -0.1) is 0 Å². The highest BCUT2D eigenvalue weighted by Crippen LogP contribution is 2.33. The number of nitrogens with zero attached hydrogens (tertiary/aromatic N) is 1. The molecule has 0 N–H and O–H groups in total. The molecule has 122 valence electrons. The van der Waals surface area contributed by atoms with Crippen molar-refractivity contribution >= 4 is 10.8 Å². The molecule has 0 saturated heterocycles. The first-order chi connectivity index (χ1) is 12.1. The van der Waals surface area contributed by atoms with E-state index in [1.807, 2.05) is 24.3 Å². The van der Waals surface area contributed by atoms with Gasteiger partial charge >= 0.3 is 0 Å². The zero-order valence-corrected chi connectivity index (χ0v) is 13.0. The molecule has 0 aliphatic carbocycles.